The minimum atomic E-state index is 0.636. The van der Waals surface area contributed by atoms with Gasteiger partial charge in [-0.25, -0.2) is 4.98 Å². The molecule has 98 valence electrons. The van der Waals surface area contributed by atoms with Gasteiger partial charge in [-0.2, -0.15) is 0 Å². The monoisotopic (exact) mass is 266 g/mol. The van der Waals surface area contributed by atoms with E-state index in [1.165, 1.54) is 10.3 Å². The van der Waals surface area contributed by atoms with Gasteiger partial charge in [0.25, 0.3) is 0 Å². The van der Waals surface area contributed by atoms with Crippen molar-refractivity contribution in [1.82, 2.24) is 4.98 Å². The first-order valence-electron chi connectivity index (χ1n) is 5.98. The molecule has 0 atom stereocenters. The predicted molar refractivity (Wildman–Crippen MR) is 75.5 cm³/mol. The molecule has 1 heterocycles. The third-order valence-corrected chi connectivity index (χ3v) is 3.55. The number of methoxy groups -OCH3 is 1. The second-order valence-corrected chi connectivity index (χ2v) is 5.00. The molecule has 4 nitrogen and oxygen atoms in total. The Kier molecular flexibility index (Phi) is 4.92. The second kappa shape index (κ2) is 6.68. The molecule has 0 amide bonds. The van der Waals surface area contributed by atoms with Crippen LogP contribution in [0.25, 0.3) is 10.2 Å². The average molecular weight is 266 g/mol. The van der Waals surface area contributed by atoms with E-state index >= 15 is 0 Å². The van der Waals surface area contributed by atoms with Gasteiger partial charge >= 0.3 is 0 Å². The summed E-state index contributed by atoms with van der Waals surface area (Å²) in [5.41, 5.74) is 2.30. The van der Waals surface area contributed by atoms with Gasteiger partial charge in [-0.3, -0.25) is 0 Å². The van der Waals surface area contributed by atoms with Crippen LogP contribution in [0.1, 0.15) is 5.56 Å². The fourth-order valence-electron chi connectivity index (χ4n) is 1.64. The van der Waals surface area contributed by atoms with E-state index in [9.17, 15) is 0 Å². The zero-order chi connectivity index (χ0) is 12.8. The summed E-state index contributed by atoms with van der Waals surface area (Å²) >= 11 is 1.68. The predicted octanol–water partition coefficient (Wildman–Crippen LogP) is 2.68. The fourth-order valence-corrected chi connectivity index (χ4v) is 2.61. The number of thiazole rings is 1. The Morgan fingerprint density at radius 2 is 2.17 bits per heavy atom. The summed E-state index contributed by atoms with van der Waals surface area (Å²) < 4.78 is 11.5. The molecule has 0 spiro atoms. The van der Waals surface area contributed by atoms with E-state index in [1.54, 1.807) is 18.4 Å². The van der Waals surface area contributed by atoms with Gasteiger partial charge in [-0.15, -0.1) is 0 Å². The molecule has 0 saturated heterocycles. The van der Waals surface area contributed by atoms with Gasteiger partial charge in [-0.1, -0.05) is 23.5 Å². The van der Waals surface area contributed by atoms with E-state index in [4.69, 9.17) is 9.47 Å². The van der Waals surface area contributed by atoms with E-state index in [0.29, 0.717) is 19.8 Å². The summed E-state index contributed by atoms with van der Waals surface area (Å²) in [5.74, 6) is 0. The SMILES string of the molecule is COCCOCCNc1nc2c(C)cccc2s1. The van der Waals surface area contributed by atoms with Crippen LogP contribution in [0.15, 0.2) is 18.2 Å². The lowest BCUT2D eigenvalue weighted by Gasteiger charge is -2.03. The van der Waals surface area contributed by atoms with Crippen molar-refractivity contribution in [2.75, 3.05) is 38.8 Å². The van der Waals surface area contributed by atoms with Crippen LogP contribution in [0.5, 0.6) is 0 Å². The number of fused-ring (bicyclic) bond motifs is 1. The number of aromatic nitrogens is 1. The number of nitrogens with zero attached hydrogens (tertiary/aromatic N) is 1. The van der Waals surface area contributed by atoms with Gasteiger partial charge in [0.1, 0.15) is 0 Å². The molecular formula is C13H18N2O2S. The number of anilines is 1. The Morgan fingerprint density at radius 3 is 2.94 bits per heavy atom. The van der Waals surface area contributed by atoms with Crippen molar-refractivity contribution >= 4 is 26.7 Å². The minimum Gasteiger partial charge on any atom is -0.382 e. The first-order valence-corrected chi connectivity index (χ1v) is 6.79. The second-order valence-electron chi connectivity index (χ2n) is 3.97. The fraction of sp³-hybridized carbons (Fsp3) is 0.462. The highest BCUT2D eigenvalue weighted by atomic mass is 32.1. The molecule has 1 aromatic carbocycles. The van der Waals surface area contributed by atoms with Crippen molar-refractivity contribution in [2.45, 2.75) is 6.92 Å². The zero-order valence-corrected chi connectivity index (χ0v) is 11.5. The third kappa shape index (κ3) is 3.41. The highest BCUT2D eigenvalue weighted by Crippen LogP contribution is 2.27. The van der Waals surface area contributed by atoms with E-state index in [2.05, 4.69) is 35.4 Å². The zero-order valence-electron chi connectivity index (χ0n) is 10.7. The van der Waals surface area contributed by atoms with Crippen LogP contribution in [-0.2, 0) is 9.47 Å². The molecule has 0 saturated carbocycles. The summed E-state index contributed by atoms with van der Waals surface area (Å²) in [6.07, 6.45) is 0. The van der Waals surface area contributed by atoms with Gasteiger partial charge in [0.05, 0.1) is 30.0 Å². The molecule has 2 rings (SSSR count). The lowest BCUT2D eigenvalue weighted by molar-refractivity contribution is 0.0759. The smallest absolute Gasteiger partial charge is 0.183 e. The first kappa shape index (κ1) is 13.3. The largest absolute Gasteiger partial charge is 0.382 e. The Bertz CT molecular complexity index is 499. The lowest BCUT2D eigenvalue weighted by atomic mass is 10.2. The average Bonchev–Trinajstić information content (AvgIpc) is 2.78. The van der Waals surface area contributed by atoms with Crippen molar-refractivity contribution in [3.63, 3.8) is 0 Å². The molecule has 18 heavy (non-hydrogen) atoms. The third-order valence-electron chi connectivity index (χ3n) is 2.58. The number of benzene rings is 1. The Balaban J connectivity index is 1.83. The maximum Gasteiger partial charge on any atom is 0.183 e. The number of nitrogens with one attached hydrogen (secondary N) is 1. The molecule has 0 unspecified atom stereocenters. The number of aryl methyl sites for hydroxylation is 1. The van der Waals surface area contributed by atoms with Crippen LogP contribution < -0.4 is 5.32 Å². The van der Waals surface area contributed by atoms with Gasteiger partial charge in [-0.05, 0) is 18.6 Å². The summed E-state index contributed by atoms with van der Waals surface area (Å²) in [6.45, 7) is 4.79. The molecule has 0 radical (unpaired) electrons. The van der Waals surface area contributed by atoms with Crippen LogP contribution in [0, 0.1) is 6.92 Å². The van der Waals surface area contributed by atoms with Crippen LogP contribution in [0.2, 0.25) is 0 Å². The van der Waals surface area contributed by atoms with Crippen LogP contribution >= 0.6 is 11.3 Å². The number of hydrogen-bond donors (Lipinski definition) is 1. The highest BCUT2D eigenvalue weighted by molar-refractivity contribution is 7.22. The molecule has 5 heteroatoms. The van der Waals surface area contributed by atoms with Gasteiger partial charge in [0.15, 0.2) is 5.13 Å². The number of rotatable bonds is 7. The highest BCUT2D eigenvalue weighted by Gasteiger charge is 2.04. The molecule has 0 aliphatic carbocycles. The molecule has 0 bridgehead atoms. The van der Waals surface area contributed by atoms with Crippen molar-refractivity contribution in [3.8, 4) is 0 Å². The summed E-state index contributed by atoms with van der Waals surface area (Å²) in [5, 5.41) is 4.23. The maximum atomic E-state index is 5.38. The number of ether oxygens (including phenoxy) is 2. The van der Waals surface area contributed by atoms with Crippen LogP contribution in [0.3, 0.4) is 0 Å². The first-order chi connectivity index (χ1) is 8.81. The maximum absolute atomic E-state index is 5.38. The number of hydrogen-bond acceptors (Lipinski definition) is 5. The van der Waals surface area contributed by atoms with Gasteiger partial charge < -0.3 is 14.8 Å². The van der Waals surface area contributed by atoms with Crippen molar-refractivity contribution in [3.05, 3.63) is 23.8 Å². The van der Waals surface area contributed by atoms with Crippen molar-refractivity contribution < 1.29 is 9.47 Å². The summed E-state index contributed by atoms with van der Waals surface area (Å²) in [7, 11) is 1.67. The standard InChI is InChI=1S/C13H18N2O2S/c1-10-4-3-5-11-12(10)15-13(18-11)14-6-7-17-9-8-16-2/h3-5H,6-9H2,1-2H3,(H,14,15). The van der Waals surface area contributed by atoms with E-state index in [0.717, 1.165) is 17.2 Å². The summed E-state index contributed by atoms with van der Waals surface area (Å²) in [4.78, 5) is 4.57. The molecule has 1 aromatic heterocycles. The Morgan fingerprint density at radius 1 is 1.28 bits per heavy atom. The summed E-state index contributed by atoms with van der Waals surface area (Å²) in [6, 6.07) is 6.24. The van der Waals surface area contributed by atoms with E-state index in [1.807, 2.05) is 0 Å². The van der Waals surface area contributed by atoms with Crippen molar-refractivity contribution in [1.29, 1.82) is 0 Å². The topological polar surface area (TPSA) is 43.4 Å². The molecule has 2 aromatic rings. The van der Waals surface area contributed by atoms with Crippen molar-refractivity contribution in [2.24, 2.45) is 0 Å². The quantitative estimate of drug-likeness (QED) is 0.782. The Labute approximate surface area is 111 Å². The van der Waals surface area contributed by atoms with Crippen LogP contribution in [-0.4, -0.2) is 38.5 Å². The normalized spacial score (nSPS) is 11.0. The number of para-hydroxylation sites is 1. The molecule has 1 N–H and O–H groups in total. The van der Waals surface area contributed by atoms with Crippen LogP contribution in [0.4, 0.5) is 5.13 Å². The molecule has 0 fully saturated rings. The van der Waals surface area contributed by atoms with Gasteiger partial charge in [0.2, 0.25) is 0 Å². The van der Waals surface area contributed by atoms with E-state index < -0.39 is 0 Å². The minimum absolute atomic E-state index is 0.636. The molecule has 0 aliphatic heterocycles. The lowest BCUT2D eigenvalue weighted by Crippen LogP contribution is -2.11. The molecule has 0 aliphatic rings. The Hall–Kier alpha value is -1.17. The van der Waals surface area contributed by atoms with Gasteiger partial charge in [0, 0.05) is 13.7 Å². The molecular weight excluding hydrogens is 248 g/mol. The van der Waals surface area contributed by atoms with E-state index in [-0.39, 0.29) is 0 Å².